The number of hydrogen-bond acceptors (Lipinski definition) is 1. The molecule has 2 nitrogen and oxygen atoms in total. The summed E-state index contributed by atoms with van der Waals surface area (Å²) in [6.07, 6.45) is 0. The van der Waals surface area contributed by atoms with Gasteiger partial charge in [-0.25, -0.2) is 9.37 Å². The van der Waals surface area contributed by atoms with E-state index in [1.165, 1.54) is 6.07 Å². The molecule has 0 spiro atoms. The summed E-state index contributed by atoms with van der Waals surface area (Å²) in [5.74, 6) is 0.457. The SMILES string of the molecule is Fc1cc2[nH]c(-c3ccccc3)nc2cc1Br. The van der Waals surface area contributed by atoms with Gasteiger partial charge in [0.15, 0.2) is 0 Å². The Balaban J connectivity index is 2.21. The van der Waals surface area contributed by atoms with Crippen molar-refractivity contribution in [1.82, 2.24) is 9.97 Å². The molecule has 0 aliphatic heterocycles. The summed E-state index contributed by atoms with van der Waals surface area (Å²) in [5, 5.41) is 0. The van der Waals surface area contributed by atoms with Crippen molar-refractivity contribution in [3.05, 3.63) is 52.8 Å². The summed E-state index contributed by atoms with van der Waals surface area (Å²) in [5.41, 5.74) is 2.43. The van der Waals surface area contributed by atoms with Gasteiger partial charge in [-0.05, 0) is 22.0 Å². The molecule has 0 saturated heterocycles. The molecule has 0 unspecified atom stereocenters. The fourth-order valence-electron chi connectivity index (χ4n) is 1.74. The minimum Gasteiger partial charge on any atom is -0.338 e. The van der Waals surface area contributed by atoms with Crippen LogP contribution in [0.4, 0.5) is 4.39 Å². The lowest BCUT2D eigenvalue weighted by atomic mass is 10.2. The molecule has 17 heavy (non-hydrogen) atoms. The van der Waals surface area contributed by atoms with Gasteiger partial charge in [-0.2, -0.15) is 0 Å². The van der Waals surface area contributed by atoms with Gasteiger partial charge in [-0.3, -0.25) is 0 Å². The average molecular weight is 291 g/mol. The van der Waals surface area contributed by atoms with Crippen molar-refractivity contribution in [1.29, 1.82) is 0 Å². The van der Waals surface area contributed by atoms with Crippen LogP contribution in [0.3, 0.4) is 0 Å². The molecule has 84 valence electrons. The second-order valence-electron chi connectivity index (χ2n) is 3.73. The second kappa shape index (κ2) is 3.96. The van der Waals surface area contributed by atoms with Gasteiger partial charge in [-0.15, -0.1) is 0 Å². The minimum absolute atomic E-state index is 0.291. The van der Waals surface area contributed by atoms with Gasteiger partial charge in [0.05, 0.1) is 15.5 Å². The maximum atomic E-state index is 13.4. The van der Waals surface area contributed by atoms with Crippen LogP contribution in [-0.2, 0) is 0 Å². The van der Waals surface area contributed by atoms with Crippen molar-refractivity contribution < 1.29 is 4.39 Å². The molecular formula is C13H8BrFN2. The third-order valence-electron chi connectivity index (χ3n) is 2.57. The monoisotopic (exact) mass is 290 g/mol. The van der Waals surface area contributed by atoms with Gasteiger partial charge in [-0.1, -0.05) is 30.3 Å². The van der Waals surface area contributed by atoms with Crippen LogP contribution >= 0.6 is 15.9 Å². The molecular weight excluding hydrogens is 283 g/mol. The van der Waals surface area contributed by atoms with Crippen LogP contribution in [0.15, 0.2) is 46.9 Å². The van der Waals surface area contributed by atoms with Crippen molar-refractivity contribution in [3.63, 3.8) is 0 Å². The molecule has 0 aliphatic carbocycles. The van der Waals surface area contributed by atoms with E-state index in [1.54, 1.807) is 6.07 Å². The van der Waals surface area contributed by atoms with Gasteiger partial charge in [0.1, 0.15) is 11.6 Å². The Kier molecular flexibility index (Phi) is 2.44. The standard InChI is InChI=1S/C13H8BrFN2/c14-9-6-11-12(7-10(9)15)17-13(16-11)8-4-2-1-3-5-8/h1-7H,(H,16,17). The molecule has 0 amide bonds. The lowest BCUT2D eigenvalue weighted by Gasteiger charge is -1.93. The van der Waals surface area contributed by atoms with Crippen molar-refractivity contribution in [2.75, 3.05) is 0 Å². The Morgan fingerprint density at radius 3 is 2.65 bits per heavy atom. The molecule has 0 aliphatic rings. The molecule has 1 aromatic heterocycles. The summed E-state index contributed by atoms with van der Waals surface area (Å²) in [6.45, 7) is 0. The van der Waals surface area contributed by atoms with Crippen molar-refractivity contribution in [2.45, 2.75) is 0 Å². The first-order valence-corrected chi connectivity index (χ1v) is 5.93. The summed E-state index contributed by atoms with van der Waals surface area (Å²) in [6, 6.07) is 12.9. The third kappa shape index (κ3) is 1.85. The van der Waals surface area contributed by atoms with E-state index < -0.39 is 0 Å². The van der Waals surface area contributed by atoms with E-state index in [1.807, 2.05) is 30.3 Å². The zero-order chi connectivity index (χ0) is 11.8. The highest BCUT2D eigenvalue weighted by Gasteiger charge is 2.08. The number of aromatic amines is 1. The fraction of sp³-hybridized carbons (Fsp3) is 0. The number of nitrogens with one attached hydrogen (secondary N) is 1. The van der Waals surface area contributed by atoms with E-state index in [4.69, 9.17) is 0 Å². The van der Waals surface area contributed by atoms with Gasteiger partial charge in [0.25, 0.3) is 0 Å². The topological polar surface area (TPSA) is 28.7 Å². The number of benzene rings is 2. The predicted octanol–water partition coefficient (Wildman–Crippen LogP) is 4.13. The molecule has 0 bridgehead atoms. The van der Waals surface area contributed by atoms with Crippen molar-refractivity contribution in [3.8, 4) is 11.4 Å². The Morgan fingerprint density at radius 1 is 1.12 bits per heavy atom. The molecule has 0 saturated carbocycles. The number of aromatic nitrogens is 2. The number of imidazole rings is 1. The Morgan fingerprint density at radius 2 is 1.88 bits per heavy atom. The normalized spacial score (nSPS) is 10.9. The van der Waals surface area contributed by atoms with Crippen LogP contribution in [0.1, 0.15) is 0 Å². The molecule has 1 N–H and O–H groups in total. The first-order chi connectivity index (χ1) is 8.24. The lowest BCUT2D eigenvalue weighted by Crippen LogP contribution is -1.77. The highest BCUT2D eigenvalue weighted by molar-refractivity contribution is 9.10. The van der Waals surface area contributed by atoms with Crippen LogP contribution in [-0.4, -0.2) is 9.97 Å². The van der Waals surface area contributed by atoms with E-state index in [-0.39, 0.29) is 5.82 Å². The van der Waals surface area contributed by atoms with Crippen molar-refractivity contribution >= 4 is 27.0 Å². The van der Waals surface area contributed by atoms with E-state index in [0.29, 0.717) is 9.99 Å². The van der Waals surface area contributed by atoms with Crippen LogP contribution in [0.2, 0.25) is 0 Å². The zero-order valence-electron chi connectivity index (χ0n) is 8.74. The average Bonchev–Trinajstić information content (AvgIpc) is 2.74. The number of rotatable bonds is 1. The number of nitrogens with zero attached hydrogens (tertiary/aromatic N) is 1. The van der Waals surface area contributed by atoms with Gasteiger partial charge in [0.2, 0.25) is 0 Å². The Labute approximate surface area is 106 Å². The Hall–Kier alpha value is -1.68. The number of H-pyrrole nitrogens is 1. The van der Waals surface area contributed by atoms with Crippen LogP contribution < -0.4 is 0 Å². The van der Waals surface area contributed by atoms with Gasteiger partial charge >= 0.3 is 0 Å². The fourth-order valence-corrected chi connectivity index (χ4v) is 2.07. The highest BCUT2D eigenvalue weighted by atomic mass is 79.9. The lowest BCUT2D eigenvalue weighted by molar-refractivity contribution is 0.623. The summed E-state index contributed by atoms with van der Waals surface area (Å²) < 4.78 is 13.8. The molecule has 0 radical (unpaired) electrons. The summed E-state index contributed by atoms with van der Waals surface area (Å²) in [4.78, 5) is 7.54. The number of hydrogen-bond donors (Lipinski definition) is 1. The van der Waals surface area contributed by atoms with E-state index in [0.717, 1.165) is 16.9 Å². The first-order valence-electron chi connectivity index (χ1n) is 5.14. The first kappa shape index (κ1) is 10.5. The quantitative estimate of drug-likeness (QED) is 0.717. The van der Waals surface area contributed by atoms with E-state index in [9.17, 15) is 4.39 Å². The predicted molar refractivity (Wildman–Crippen MR) is 69.2 cm³/mol. The Bertz CT molecular complexity index is 637. The van der Waals surface area contributed by atoms with Gasteiger partial charge < -0.3 is 4.98 Å². The largest absolute Gasteiger partial charge is 0.338 e. The van der Waals surface area contributed by atoms with Crippen molar-refractivity contribution in [2.24, 2.45) is 0 Å². The van der Waals surface area contributed by atoms with Gasteiger partial charge in [0, 0.05) is 11.6 Å². The van der Waals surface area contributed by atoms with Crippen LogP contribution in [0, 0.1) is 5.82 Å². The molecule has 3 rings (SSSR count). The number of halogens is 2. The molecule has 4 heteroatoms. The smallest absolute Gasteiger partial charge is 0.139 e. The van der Waals surface area contributed by atoms with E-state index in [2.05, 4.69) is 25.9 Å². The van der Waals surface area contributed by atoms with Crippen LogP contribution in [0.5, 0.6) is 0 Å². The maximum Gasteiger partial charge on any atom is 0.139 e. The highest BCUT2D eigenvalue weighted by Crippen LogP contribution is 2.25. The third-order valence-corrected chi connectivity index (χ3v) is 3.18. The van der Waals surface area contributed by atoms with E-state index >= 15 is 0 Å². The molecule has 0 fully saturated rings. The summed E-state index contributed by atoms with van der Waals surface area (Å²) >= 11 is 3.15. The molecule has 0 atom stereocenters. The second-order valence-corrected chi connectivity index (χ2v) is 4.59. The molecule has 3 aromatic rings. The molecule has 2 aromatic carbocycles. The minimum atomic E-state index is -0.291. The van der Waals surface area contributed by atoms with Crippen LogP contribution in [0.25, 0.3) is 22.4 Å². The molecule has 1 heterocycles. The zero-order valence-corrected chi connectivity index (χ0v) is 10.3. The maximum absolute atomic E-state index is 13.4. The summed E-state index contributed by atoms with van der Waals surface area (Å²) in [7, 11) is 0. The number of fused-ring (bicyclic) bond motifs is 1.